The monoisotopic (exact) mass is 268 g/mol. The second kappa shape index (κ2) is 3.82. The van der Waals surface area contributed by atoms with E-state index in [1.165, 1.54) is 34.0 Å². The number of hydrogen-bond acceptors (Lipinski definition) is 6. The summed E-state index contributed by atoms with van der Waals surface area (Å²) >= 11 is 1.20. The number of aromatic nitrogens is 3. The van der Waals surface area contributed by atoms with Crippen LogP contribution < -0.4 is 0 Å². The highest BCUT2D eigenvalue weighted by molar-refractivity contribution is 8.08. The third-order valence-electron chi connectivity index (χ3n) is 2.86. The molecule has 0 unspecified atom stereocenters. The van der Waals surface area contributed by atoms with E-state index in [0.29, 0.717) is 5.03 Å². The minimum atomic E-state index is -1.19. The number of amides is 1. The number of aliphatic hydroxyl groups excluding tert-OH is 1. The lowest BCUT2D eigenvalue weighted by Crippen LogP contribution is -2.58. The van der Waals surface area contributed by atoms with Gasteiger partial charge < -0.3 is 10.2 Å². The summed E-state index contributed by atoms with van der Waals surface area (Å²) in [6.07, 6.45) is 2.66. The number of aliphatic hydroxyl groups is 1. The molecule has 0 aromatic carbocycles. The average molecular weight is 268 g/mol. The minimum absolute atomic E-state index is 0.106. The normalized spacial score (nSPS) is 26.3. The number of rotatable bonds is 3. The molecule has 9 heteroatoms. The van der Waals surface area contributed by atoms with Crippen molar-refractivity contribution in [3.63, 3.8) is 0 Å². The molecule has 2 aliphatic rings. The highest BCUT2D eigenvalue weighted by Gasteiger charge is 2.56. The molecule has 1 amide bonds. The van der Waals surface area contributed by atoms with E-state index < -0.39 is 11.9 Å². The Hall–Kier alpha value is -1.87. The van der Waals surface area contributed by atoms with Gasteiger partial charge in [-0.2, -0.15) is 5.10 Å². The summed E-state index contributed by atoms with van der Waals surface area (Å²) in [7, 11) is 0. The topological polar surface area (TPSA) is 109 Å². The SMILES string of the molecule is O=C(O)C1=C(n2cncn2)S[C@@H]2[C@@H](CO)C(=O)N12. The van der Waals surface area contributed by atoms with Crippen LogP contribution in [-0.2, 0) is 9.59 Å². The number of fused-ring (bicyclic) bond motifs is 1. The first-order valence-electron chi connectivity index (χ1n) is 5.08. The summed E-state index contributed by atoms with van der Waals surface area (Å²) in [6.45, 7) is -0.287. The number of carboxylic acid groups (broad SMARTS) is 1. The zero-order valence-electron chi connectivity index (χ0n) is 8.92. The van der Waals surface area contributed by atoms with Crippen LogP contribution in [0.2, 0.25) is 0 Å². The van der Waals surface area contributed by atoms with E-state index in [1.54, 1.807) is 0 Å². The Balaban J connectivity index is 2.03. The molecule has 0 radical (unpaired) electrons. The van der Waals surface area contributed by atoms with Crippen molar-refractivity contribution < 1.29 is 19.8 Å². The molecule has 2 aliphatic heterocycles. The number of thioether (sulfide) groups is 1. The molecule has 2 N–H and O–H groups in total. The van der Waals surface area contributed by atoms with Gasteiger partial charge in [0.25, 0.3) is 0 Å². The van der Waals surface area contributed by atoms with Gasteiger partial charge >= 0.3 is 5.97 Å². The van der Waals surface area contributed by atoms with Crippen molar-refractivity contribution in [2.75, 3.05) is 6.61 Å². The maximum atomic E-state index is 11.7. The van der Waals surface area contributed by atoms with Crippen LogP contribution in [0, 0.1) is 5.92 Å². The third-order valence-corrected chi connectivity index (χ3v) is 4.24. The molecular weight excluding hydrogens is 260 g/mol. The first-order valence-corrected chi connectivity index (χ1v) is 5.96. The van der Waals surface area contributed by atoms with E-state index in [-0.39, 0.29) is 23.6 Å². The van der Waals surface area contributed by atoms with Gasteiger partial charge in [0, 0.05) is 0 Å². The van der Waals surface area contributed by atoms with Gasteiger partial charge in [-0.25, -0.2) is 14.5 Å². The molecule has 94 valence electrons. The van der Waals surface area contributed by atoms with E-state index in [1.807, 2.05) is 0 Å². The molecule has 0 spiro atoms. The molecule has 1 aromatic rings. The number of carbonyl (C=O) groups is 2. The first-order chi connectivity index (χ1) is 8.65. The number of hydrogen-bond donors (Lipinski definition) is 2. The van der Waals surface area contributed by atoms with E-state index in [0.717, 1.165) is 0 Å². The van der Waals surface area contributed by atoms with Crippen LogP contribution in [0.25, 0.3) is 5.03 Å². The Kier molecular flexibility index (Phi) is 2.38. The molecule has 1 fully saturated rings. The zero-order valence-corrected chi connectivity index (χ0v) is 9.74. The van der Waals surface area contributed by atoms with Crippen LogP contribution in [0.5, 0.6) is 0 Å². The van der Waals surface area contributed by atoms with Gasteiger partial charge in [-0.15, -0.1) is 0 Å². The molecular formula is C9H8N4O4S. The fourth-order valence-electron chi connectivity index (χ4n) is 2.01. The Labute approximate surface area is 105 Å². The highest BCUT2D eigenvalue weighted by Crippen LogP contribution is 2.50. The van der Waals surface area contributed by atoms with Gasteiger partial charge in [-0.1, -0.05) is 11.8 Å². The summed E-state index contributed by atoms with van der Waals surface area (Å²) in [6, 6.07) is 0. The number of aliphatic carboxylic acids is 1. The zero-order chi connectivity index (χ0) is 12.9. The Morgan fingerprint density at radius 3 is 2.89 bits per heavy atom. The summed E-state index contributed by atoms with van der Waals surface area (Å²) in [4.78, 5) is 27.9. The van der Waals surface area contributed by atoms with E-state index >= 15 is 0 Å². The van der Waals surface area contributed by atoms with Crippen LogP contribution in [0.1, 0.15) is 0 Å². The molecule has 2 atom stereocenters. The lowest BCUT2D eigenvalue weighted by molar-refractivity contribution is -0.153. The molecule has 18 heavy (non-hydrogen) atoms. The lowest BCUT2D eigenvalue weighted by atomic mass is 9.98. The summed E-state index contributed by atoms with van der Waals surface area (Å²) in [5.74, 6) is -2.12. The second-order valence-electron chi connectivity index (χ2n) is 3.80. The van der Waals surface area contributed by atoms with E-state index in [9.17, 15) is 14.7 Å². The Morgan fingerprint density at radius 1 is 1.56 bits per heavy atom. The third kappa shape index (κ3) is 1.31. The van der Waals surface area contributed by atoms with Gasteiger partial charge in [-0.3, -0.25) is 9.69 Å². The van der Waals surface area contributed by atoms with Crippen molar-refractivity contribution in [1.82, 2.24) is 19.7 Å². The molecule has 0 bridgehead atoms. The second-order valence-corrected chi connectivity index (χ2v) is 4.91. The smallest absolute Gasteiger partial charge is 0.355 e. The fraction of sp³-hybridized carbons (Fsp3) is 0.333. The van der Waals surface area contributed by atoms with Crippen LogP contribution in [0.15, 0.2) is 18.4 Å². The van der Waals surface area contributed by atoms with Crippen molar-refractivity contribution in [3.8, 4) is 0 Å². The Bertz CT molecular complexity index is 555. The van der Waals surface area contributed by atoms with Gasteiger partial charge in [0.2, 0.25) is 5.91 Å². The molecule has 0 aliphatic carbocycles. The number of carbonyl (C=O) groups excluding carboxylic acids is 1. The van der Waals surface area contributed by atoms with Gasteiger partial charge in [-0.05, 0) is 0 Å². The standard InChI is InChI=1S/C9H8N4O4S/c14-1-4-6(15)13-5(9(16)17)8(18-7(4)13)12-3-10-2-11-12/h2-4,7,14H,1H2,(H,16,17)/t4-,7+/m0/s1. The van der Waals surface area contributed by atoms with Crippen molar-refractivity contribution in [2.24, 2.45) is 5.92 Å². The first kappa shape index (κ1) is 11.2. The summed E-state index contributed by atoms with van der Waals surface area (Å²) in [5.41, 5.74) is -0.106. The fourth-order valence-corrected chi connectivity index (χ4v) is 3.42. The number of β-lactam (4-membered cyclic amide) rings is 1. The van der Waals surface area contributed by atoms with Gasteiger partial charge in [0.1, 0.15) is 23.1 Å². The summed E-state index contributed by atoms with van der Waals surface area (Å²) < 4.78 is 1.31. The minimum Gasteiger partial charge on any atom is -0.476 e. The number of nitrogens with zero attached hydrogens (tertiary/aromatic N) is 4. The maximum Gasteiger partial charge on any atom is 0.355 e. The van der Waals surface area contributed by atoms with E-state index in [2.05, 4.69) is 10.1 Å². The van der Waals surface area contributed by atoms with Crippen molar-refractivity contribution >= 4 is 28.7 Å². The predicted molar refractivity (Wildman–Crippen MR) is 59.7 cm³/mol. The van der Waals surface area contributed by atoms with Crippen molar-refractivity contribution in [1.29, 1.82) is 0 Å². The molecule has 1 saturated heterocycles. The van der Waals surface area contributed by atoms with Crippen molar-refractivity contribution in [3.05, 3.63) is 18.4 Å². The molecule has 3 rings (SSSR count). The van der Waals surface area contributed by atoms with Crippen molar-refractivity contribution in [2.45, 2.75) is 5.37 Å². The highest BCUT2D eigenvalue weighted by atomic mass is 32.2. The lowest BCUT2D eigenvalue weighted by Gasteiger charge is -2.40. The van der Waals surface area contributed by atoms with E-state index in [4.69, 9.17) is 5.11 Å². The predicted octanol–water partition coefficient (Wildman–Crippen LogP) is -0.988. The van der Waals surface area contributed by atoms with Gasteiger partial charge in [0.15, 0.2) is 5.70 Å². The molecule has 1 aromatic heterocycles. The number of carboxylic acids is 1. The molecule has 8 nitrogen and oxygen atoms in total. The molecule has 3 heterocycles. The van der Waals surface area contributed by atoms with Crippen LogP contribution in [0.4, 0.5) is 0 Å². The quantitative estimate of drug-likeness (QED) is 0.677. The van der Waals surface area contributed by atoms with Crippen LogP contribution >= 0.6 is 11.8 Å². The molecule has 0 saturated carbocycles. The van der Waals surface area contributed by atoms with Gasteiger partial charge in [0.05, 0.1) is 12.5 Å². The largest absolute Gasteiger partial charge is 0.476 e. The van der Waals surface area contributed by atoms with Crippen LogP contribution in [-0.4, -0.2) is 53.7 Å². The Morgan fingerprint density at radius 2 is 2.33 bits per heavy atom. The average Bonchev–Trinajstić information content (AvgIpc) is 2.93. The maximum absolute atomic E-state index is 11.7. The summed E-state index contributed by atoms with van der Waals surface area (Å²) in [5, 5.41) is 22.1. The van der Waals surface area contributed by atoms with Crippen LogP contribution in [0.3, 0.4) is 0 Å².